The van der Waals surface area contributed by atoms with Gasteiger partial charge < -0.3 is 15.4 Å². The number of urea groups is 1. The Balaban J connectivity index is 1.79. The lowest BCUT2D eigenvalue weighted by molar-refractivity contribution is 0.247. The van der Waals surface area contributed by atoms with Crippen LogP contribution in [0, 0.1) is 27.7 Å². The molecule has 0 fully saturated rings. The normalized spacial score (nSPS) is 10.3. The summed E-state index contributed by atoms with van der Waals surface area (Å²) in [5, 5.41) is 5.67. The Morgan fingerprint density at radius 1 is 0.957 bits per heavy atom. The second kappa shape index (κ2) is 7.68. The van der Waals surface area contributed by atoms with Gasteiger partial charge in [0.05, 0.1) is 6.54 Å². The number of benzene rings is 2. The Bertz CT molecular complexity index is 696. The molecule has 0 saturated heterocycles. The minimum Gasteiger partial charge on any atom is -0.491 e. The van der Waals surface area contributed by atoms with Crippen LogP contribution in [0.1, 0.15) is 22.3 Å². The molecule has 0 atom stereocenters. The van der Waals surface area contributed by atoms with Crippen LogP contribution in [0.25, 0.3) is 0 Å². The maximum absolute atomic E-state index is 11.9. The van der Waals surface area contributed by atoms with Crippen LogP contribution < -0.4 is 15.4 Å². The highest BCUT2D eigenvalue weighted by Crippen LogP contribution is 2.19. The molecule has 0 aliphatic heterocycles. The Morgan fingerprint density at radius 2 is 1.61 bits per heavy atom. The Labute approximate surface area is 137 Å². The van der Waals surface area contributed by atoms with Crippen molar-refractivity contribution in [2.75, 3.05) is 18.5 Å². The third-order valence-corrected chi connectivity index (χ3v) is 3.63. The van der Waals surface area contributed by atoms with E-state index in [0.29, 0.717) is 13.2 Å². The van der Waals surface area contributed by atoms with Gasteiger partial charge in [-0.1, -0.05) is 24.3 Å². The van der Waals surface area contributed by atoms with Gasteiger partial charge >= 0.3 is 6.03 Å². The molecule has 0 radical (unpaired) electrons. The van der Waals surface area contributed by atoms with Gasteiger partial charge in [-0.3, -0.25) is 0 Å². The van der Waals surface area contributed by atoms with E-state index >= 15 is 0 Å². The van der Waals surface area contributed by atoms with Gasteiger partial charge in [-0.2, -0.15) is 0 Å². The van der Waals surface area contributed by atoms with Gasteiger partial charge in [-0.05, 0) is 62.1 Å². The van der Waals surface area contributed by atoms with Gasteiger partial charge in [0.15, 0.2) is 0 Å². The zero-order valence-electron chi connectivity index (χ0n) is 14.2. The minimum absolute atomic E-state index is 0.219. The van der Waals surface area contributed by atoms with Crippen molar-refractivity contribution in [1.29, 1.82) is 0 Å². The molecule has 2 amide bonds. The first-order valence-corrected chi connectivity index (χ1v) is 7.78. The molecule has 2 N–H and O–H groups in total. The summed E-state index contributed by atoms with van der Waals surface area (Å²) in [5.74, 6) is 0.863. The molecule has 0 spiro atoms. The molecule has 122 valence electrons. The smallest absolute Gasteiger partial charge is 0.319 e. The topological polar surface area (TPSA) is 50.4 Å². The number of aryl methyl sites for hydroxylation is 4. The van der Waals surface area contributed by atoms with Crippen molar-refractivity contribution in [2.45, 2.75) is 27.7 Å². The van der Waals surface area contributed by atoms with Crippen molar-refractivity contribution in [1.82, 2.24) is 5.32 Å². The van der Waals surface area contributed by atoms with Gasteiger partial charge in [0.25, 0.3) is 0 Å². The van der Waals surface area contributed by atoms with Crippen LogP contribution in [-0.4, -0.2) is 19.2 Å². The first kappa shape index (κ1) is 16.9. The summed E-state index contributed by atoms with van der Waals surface area (Å²) in [4.78, 5) is 11.9. The predicted molar refractivity (Wildman–Crippen MR) is 94.3 cm³/mol. The summed E-state index contributed by atoms with van der Waals surface area (Å²) >= 11 is 0. The van der Waals surface area contributed by atoms with Crippen LogP contribution >= 0.6 is 0 Å². The highest BCUT2D eigenvalue weighted by Gasteiger charge is 2.05. The fourth-order valence-electron chi connectivity index (χ4n) is 2.23. The average Bonchev–Trinajstić information content (AvgIpc) is 2.50. The number of ether oxygens (including phenoxy) is 1. The summed E-state index contributed by atoms with van der Waals surface area (Å²) in [6.45, 7) is 8.89. The molecule has 0 saturated carbocycles. The molecule has 4 nitrogen and oxygen atoms in total. The molecule has 2 aromatic carbocycles. The van der Waals surface area contributed by atoms with E-state index in [2.05, 4.69) is 16.7 Å². The summed E-state index contributed by atoms with van der Waals surface area (Å²) < 4.78 is 5.72. The van der Waals surface area contributed by atoms with Crippen molar-refractivity contribution in [3.05, 3.63) is 58.7 Å². The predicted octanol–water partition coefficient (Wildman–Crippen LogP) is 4.12. The van der Waals surface area contributed by atoms with Gasteiger partial charge in [-0.15, -0.1) is 0 Å². The second-order valence-electron chi connectivity index (χ2n) is 5.82. The van der Waals surface area contributed by atoms with E-state index in [1.807, 2.05) is 58.0 Å². The highest BCUT2D eigenvalue weighted by atomic mass is 16.5. The number of carbonyl (C=O) groups is 1. The molecule has 0 aromatic heterocycles. The Kier molecular flexibility index (Phi) is 5.63. The van der Waals surface area contributed by atoms with E-state index in [0.717, 1.165) is 33.7 Å². The van der Waals surface area contributed by atoms with Crippen molar-refractivity contribution < 1.29 is 9.53 Å². The van der Waals surface area contributed by atoms with Gasteiger partial charge in [0, 0.05) is 5.69 Å². The van der Waals surface area contributed by atoms with Crippen molar-refractivity contribution >= 4 is 11.7 Å². The maximum Gasteiger partial charge on any atom is 0.319 e. The van der Waals surface area contributed by atoms with E-state index in [9.17, 15) is 4.79 Å². The lowest BCUT2D eigenvalue weighted by Gasteiger charge is -2.12. The van der Waals surface area contributed by atoms with Crippen LogP contribution in [0.4, 0.5) is 10.5 Å². The lowest BCUT2D eigenvalue weighted by Crippen LogP contribution is -2.32. The fourth-order valence-corrected chi connectivity index (χ4v) is 2.23. The molecular weight excluding hydrogens is 288 g/mol. The first-order chi connectivity index (χ1) is 11.0. The summed E-state index contributed by atoms with van der Waals surface area (Å²) in [6.07, 6.45) is 0. The number of nitrogens with one attached hydrogen (secondary N) is 2. The summed E-state index contributed by atoms with van der Waals surface area (Å²) in [7, 11) is 0. The molecule has 0 heterocycles. The SMILES string of the molecule is Cc1ccc(C)c(NC(=O)NCCOc2cc(C)ccc2C)c1. The summed E-state index contributed by atoms with van der Waals surface area (Å²) in [6, 6.07) is 11.9. The van der Waals surface area contributed by atoms with E-state index in [1.165, 1.54) is 0 Å². The van der Waals surface area contributed by atoms with Crippen LogP contribution in [0.2, 0.25) is 0 Å². The van der Waals surface area contributed by atoms with Gasteiger partial charge in [-0.25, -0.2) is 4.79 Å². The summed E-state index contributed by atoms with van der Waals surface area (Å²) in [5.41, 5.74) is 5.24. The molecule has 0 aliphatic rings. The number of rotatable bonds is 5. The number of anilines is 1. The van der Waals surface area contributed by atoms with Crippen LogP contribution in [-0.2, 0) is 0 Å². The third kappa shape index (κ3) is 5.02. The average molecular weight is 312 g/mol. The van der Waals surface area contributed by atoms with E-state index in [1.54, 1.807) is 0 Å². The highest BCUT2D eigenvalue weighted by molar-refractivity contribution is 5.90. The van der Waals surface area contributed by atoms with Crippen molar-refractivity contribution in [3.63, 3.8) is 0 Å². The number of amides is 2. The molecular formula is C19H24N2O2. The zero-order valence-corrected chi connectivity index (χ0v) is 14.2. The Morgan fingerprint density at radius 3 is 2.35 bits per heavy atom. The molecule has 2 aromatic rings. The monoisotopic (exact) mass is 312 g/mol. The molecule has 0 unspecified atom stereocenters. The number of hydrogen-bond donors (Lipinski definition) is 2. The van der Waals surface area contributed by atoms with Crippen LogP contribution in [0.3, 0.4) is 0 Å². The van der Waals surface area contributed by atoms with Gasteiger partial charge in [0.1, 0.15) is 12.4 Å². The molecule has 4 heteroatoms. The number of carbonyl (C=O) groups excluding carboxylic acids is 1. The molecule has 23 heavy (non-hydrogen) atoms. The van der Waals surface area contributed by atoms with Crippen LogP contribution in [0.15, 0.2) is 36.4 Å². The number of hydrogen-bond acceptors (Lipinski definition) is 2. The molecule has 0 bridgehead atoms. The zero-order chi connectivity index (χ0) is 16.8. The van der Waals surface area contributed by atoms with E-state index in [-0.39, 0.29) is 6.03 Å². The van der Waals surface area contributed by atoms with E-state index < -0.39 is 0 Å². The standard InChI is InChI=1S/C19H24N2O2/c1-13-5-7-15(3)17(11-13)21-19(22)20-9-10-23-18-12-14(2)6-8-16(18)4/h5-8,11-12H,9-10H2,1-4H3,(H2,20,21,22). The fraction of sp³-hybridized carbons (Fsp3) is 0.316. The first-order valence-electron chi connectivity index (χ1n) is 7.78. The van der Waals surface area contributed by atoms with E-state index in [4.69, 9.17) is 4.74 Å². The van der Waals surface area contributed by atoms with Crippen molar-refractivity contribution in [2.24, 2.45) is 0 Å². The molecule has 0 aliphatic carbocycles. The largest absolute Gasteiger partial charge is 0.491 e. The maximum atomic E-state index is 11.9. The second-order valence-corrected chi connectivity index (χ2v) is 5.82. The minimum atomic E-state index is -0.219. The van der Waals surface area contributed by atoms with Crippen molar-refractivity contribution in [3.8, 4) is 5.75 Å². The quantitative estimate of drug-likeness (QED) is 0.816. The lowest BCUT2D eigenvalue weighted by atomic mass is 10.1. The Hall–Kier alpha value is -2.49. The van der Waals surface area contributed by atoms with Crippen LogP contribution in [0.5, 0.6) is 5.75 Å². The molecule has 2 rings (SSSR count). The van der Waals surface area contributed by atoms with Gasteiger partial charge in [0.2, 0.25) is 0 Å². The third-order valence-electron chi connectivity index (χ3n) is 3.63.